The minimum atomic E-state index is 0.425. The number of ether oxygens (including phenoxy) is 1. The maximum atomic E-state index is 5.90. The Morgan fingerprint density at radius 1 is 1.29 bits per heavy atom. The third-order valence-corrected chi connectivity index (χ3v) is 3.26. The molecule has 114 valence electrons. The number of nitrogens with one attached hydrogen (secondary N) is 1. The van der Waals surface area contributed by atoms with Crippen LogP contribution in [0.25, 0.3) is 0 Å². The molecule has 0 saturated heterocycles. The summed E-state index contributed by atoms with van der Waals surface area (Å²) in [5.74, 6) is 1.86. The Morgan fingerprint density at radius 2 is 2.10 bits per heavy atom. The number of pyridine rings is 1. The molecule has 1 N–H and O–H groups in total. The van der Waals surface area contributed by atoms with Crippen LogP contribution >= 0.6 is 0 Å². The van der Waals surface area contributed by atoms with Crippen LogP contribution in [0, 0.1) is 13.8 Å². The molecule has 2 rings (SSSR count). The van der Waals surface area contributed by atoms with Crippen molar-refractivity contribution in [1.29, 1.82) is 0 Å². The van der Waals surface area contributed by atoms with Gasteiger partial charge in [0.25, 0.3) is 0 Å². The number of aryl methyl sites for hydroxylation is 2. The van der Waals surface area contributed by atoms with E-state index in [4.69, 9.17) is 4.74 Å². The van der Waals surface area contributed by atoms with Gasteiger partial charge in [-0.25, -0.2) is 4.98 Å². The summed E-state index contributed by atoms with van der Waals surface area (Å²) < 4.78 is 7.98. The lowest BCUT2D eigenvalue weighted by Gasteiger charge is -2.14. The third-order valence-electron chi connectivity index (χ3n) is 3.26. The average Bonchev–Trinajstić information content (AvgIpc) is 2.84. The van der Waals surface area contributed by atoms with Crippen molar-refractivity contribution >= 4 is 0 Å². The summed E-state index contributed by atoms with van der Waals surface area (Å²) in [5, 5.41) is 3.38. The summed E-state index contributed by atoms with van der Waals surface area (Å²) in [5.41, 5.74) is 1.97. The fraction of sp³-hybridized carbons (Fsp3) is 0.500. The van der Waals surface area contributed by atoms with Crippen molar-refractivity contribution in [2.24, 2.45) is 0 Å². The van der Waals surface area contributed by atoms with Crippen LogP contribution in [0.2, 0.25) is 0 Å². The Hall–Kier alpha value is -1.88. The molecule has 0 amide bonds. The van der Waals surface area contributed by atoms with E-state index in [-0.39, 0.29) is 0 Å². The average molecular weight is 288 g/mol. The van der Waals surface area contributed by atoms with E-state index in [9.17, 15) is 0 Å². The van der Waals surface area contributed by atoms with E-state index in [2.05, 4.69) is 33.7 Å². The summed E-state index contributed by atoms with van der Waals surface area (Å²) in [6.45, 7) is 10.4. The number of imidazole rings is 1. The predicted molar refractivity (Wildman–Crippen MR) is 83.4 cm³/mol. The van der Waals surface area contributed by atoms with Crippen LogP contribution in [0.1, 0.15) is 31.1 Å². The zero-order chi connectivity index (χ0) is 15.2. The van der Waals surface area contributed by atoms with Gasteiger partial charge in [0.1, 0.15) is 18.2 Å². The predicted octanol–water partition coefficient (Wildman–Crippen LogP) is 2.47. The summed E-state index contributed by atoms with van der Waals surface area (Å²) >= 11 is 0. The van der Waals surface area contributed by atoms with Crippen molar-refractivity contribution in [3.05, 3.63) is 41.7 Å². The quantitative estimate of drug-likeness (QED) is 0.850. The second kappa shape index (κ2) is 7.22. The van der Waals surface area contributed by atoms with Crippen LogP contribution < -0.4 is 10.1 Å². The molecule has 2 aromatic heterocycles. The van der Waals surface area contributed by atoms with Gasteiger partial charge >= 0.3 is 0 Å². The van der Waals surface area contributed by atoms with Gasteiger partial charge in [0.2, 0.25) is 0 Å². The third kappa shape index (κ3) is 4.56. The number of rotatable bonds is 7. The van der Waals surface area contributed by atoms with Crippen molar-refractivity contribution in [3.63, 3.8) is 0 Å². The number of aromatic nitrogens is 3. The molecule has 0 aliphatic carbocycles. The van der Waals surface area contributed by atoms with Crippen LogP contribution in [-0.4, -0.2) is 27.2 Å². The minimum absolute atomic E-state index is 0.425. The largest absolute Gasteiger partial charge is 0.490 e. The maximum Gasteiger partial charge on any atom is 0.142 e. The molecule has 5 nitrogen and oxygen atoms in total. The molecule has 0 atom stereocenters. The SMILES string of the molecule is Cc1ccc(OCCn2ccnc2C)c(CNC(C)C)n1. The fourth-order valence-electron chi connectivity index (χ4n) is 2.05. The van der Waals surface area contributed by atoms with Gasteiger partial charge in [-0.15, -0.1) is 0 Å². The lowest BCUT2D eigenvalue weighted by Crippen LogP contribution is -2.23. The molecule has 0 radical (unpaired) electrons. The van der Waals surface area contributed by atoms with Crippen LogP contribution in [-0.2, 0) is 13.1 Å². The first-order valence-corrected chi connectivity index (χ1v) is 7.36. The molecular weight excluding hydrogens is 264 g/mol. The summed E-state index contributed by atoms with van der Waals surface area (Å²) in [7, 11) is 0. The minimum Gasteiger partial charge on any atom is -0.490 e. The highest BCUT2D eigenvalue weighted by Crippen LogP contribution is 2.17. The van der Waals surface area contributed by atoms with Crippen molar-refractivity contribution in [2.75, 3.05) is 6.61 Å². The second-order valence-corrected chi connectivity index (χ2v) is 5.45. The summed E-state index contributed by atoms with van der Waals surface area (Å²) in [4.78, 5) is 8.78. The van der Waals surface area contributed by atoms with Crippen LogP contribution in [0.15, 0.2) is 24.5 Å². The van der Waals surface area contributed by atoms with E-state index in [0.717, 1.165) is 36.1 Å². The Bertz CT molecular complexity index is 577. The topological polar surface area (TPSA) is 52.0 Å². The van der Waals surface area contributed by atoms with Crippen molar-refractivity contribution in [3.8, 4) is 5.75 Å². The lowest BCUT2D eigenvalue weighted by atomic mass is 10.2. The zero-order valence-corrected chi connectivity index (χ0v) is 13.3. The van der Waals surface area contributed by atoms with Crippen LogP contribution in [0.4, 0.5) is 0 Å². The molecule has 0 unspecified atom stereocenters. The van der Waals surface area contributed by atoms with Crippen molar-refractivity contribution in [2.45, 2.75) is 46.8 Å². The molecule has 0 bridgehead atoms. The Kier molecular flexibility index (Phi) is 5.33. The second-order valence-electron chi connectivity index (χ2n) is 5.45. The molecule has 2 heterocycles. The van der Waals surface area contributed by atoms with E-state index in [1.807, 2.05) is 32.2 Å². The van der Waals surface area contributed by atoms with Crippen molar-refractivity contribution < 1.29 is 4.74 Å². The van der Waals surface area contributed by atoms with Gasteiger partial charge in [0.05, 0.1) is 12.2 Å². The highest BCUT2D eigenvalue weighted by molar-refractivity contribution is 5.29. The normalized spacial score (nSPS) is 11.1. The van der Waals surface area contributed by atoms with Gasteiger partial charge in [-0.05, 0) is 26.0 Å². The Morgan fingerprint density at radius 3 is 2.76 bits per heavy atom. The van der Waals surface area contributed by atoms with E-state index < -0.39 is 0 Å². The molecule has 21 heavy (non-hydrogen) atoms. The standard InChI is InChI=1S/C16H24N4O/c1-12(2)18-11-15-16(6-5-13(3)19-15)21-10-9-20-8-7-17-14(20)4/h5-8,12,18H,9-11H2,1-4H3. The van der Waals surface area contributed by atoms with E-state index in [1.165, 1.54) is 0 Å². The first-order chi connectivity index (χ1) is 10.1. The molecule has 2 aromatic rings. The summed E-state index contributed by atoms with van der Waals surface area (Å²) in [6, 6.07) is 4.41. The van der Waals surface area contributed by atoms with Gasteiger partial charge in [-0.2, -0.15) is 0 Å². The molecular formula is C16H24N4O. The van der Waals surface area contributed by atoms with E-state index in [1.54, 1.807) is 6.20 Å². The fourth-order valence-corrected chi connectivity index (χ4v) is 2.05. The van der Waals surface area contributed by atoms with Crippen LogP contribution in [0.5, 0.6) is 5.75 Å². The lowest BCUT2D eigenvalue weighted by molar-refractivity contribution is 0.291. The van der Waals surface area contributed by atoms with Crippen molar-refractivity contribution in [1.82, 2.24) is 19.9 Å². The smallest absolute Gasteiger partial charge is 0.142 e. The highest BCUT2D eigenvalue weighted by Gasteiger charge is 2.07. The molecule has 0 saturated carbocycles. The van der Waals surface area contributed by atoms with E-state index in [0.29, 0.717) is 12.6 Å². The molecule has 0 aliphatic heterocycles. The Labute approximate surface area is 126 Å². The monoisotopic (exact) mass is 288 g/mol. The van der Waals surface area contributed by atoms with Gasteiger partial charge in [0, 0.05) is 30.7 Å². The molecule has 0 aromatic carbocycles. The van der Waals surface area contributed by atoms with Gasteiger partial charge in [0.15, 0.2) is 0 Å². The van der Waals surface area contributed by atoms with Crippen LogP contribution in [0.3, 0.4) is 0 Å². The van der Waals surface area contributed by atoms with Gasteiger partial charge < -0.3 is 14.6 Å². The Balaban J connectivity index is 1.96. The van der Waals surface area contributed by atoms with Gasteiger partial charge in [-0.3, -0.25) is 4.98 Å². The molecule has 0 spiro atoms. The zero-order valence-electron chi connectivity index (χ0n) is 13.3. The maximum absolute atomic E-state index is 5.90. The molecule has 5 heteroatoms. The van der Waals surface area contributed by atoms with Gasteiger partial charge in [-0.1, -0.05) is 13.8 Å². The van der Waals surface area contributed by atoms with E-state index >= 15 is 0 Å². The summed E-state index contributed by atoms with van der Waals surface area (Å²) in [6.07, 6.45) is 3.77. The molecule has 0 fully saturated rings. The highest BCUT2D eigenvalue weighted by atomic mass is 16.5. The number of hydrogen-bond donors (Lipinski definition) is 1. The first-order valence-electron chi connectivity index (χ1n) is 7.36. The number of nitrogens with zero attached hydrogens (tertiary/aromatic N) is 3. The molecule has 0 aliphatic rings. The first kappa shape index (κ1) is 15.5. The number of hydrogen-bond acceptors (Lipinski definition) is 4.